The van der Waals surface area contributed by atoms with Gasteiger partial charge in [-0.25, -0.2) is 20.4 Å². The lowest BCUT2D eigenvalue weighted by molar-refractivity contribution is -0.156. The number of hydrogen-bond acceptors (Lipinski definition) is 17. The van der Waals surface area contributed by atoms with E-state index in [1.54, 1.807) is 20.4 Å². The van der Waals surface area contributed by atoms with E-state index in [1.807, 2.05) is 19.2 Å². The molecule has 7 aliphatic rings. The largest absolute Gasteiger partial charge is 0.464 e. The summed E-state index contributed by atoms with van der Waals surface area (Å²) < 4.78 is 33.1. The van der Waals surface area contributed by atoms with Crippen molar-refractivity contribution in [1.29, 1.82) is 0 Å². The summed E-state index contributed by atoms with van der Waals surface area (Å²) in [7, 11) is 3.44. The number of carbonyl (C=O) groups excluding carboxylic acids is 3. The Balaban J connectivity index is 0.988. The number of hydrazine groups is 1. The molecule has 7 atom stereocenters. The number of methoxy groups -OCH3 is 2. The summed E-state index contributed by atoms with van der Waals surface area (Å²) in [5.41, 5.74) is 11.3. The highest BCUT2D eigenvalue weighted by atomic mass is 32.1. The highest BCUT2D eigenvalue weighted by Crippen LogP contribution is 2.53. The second kappa shape index (κ2) is 22.8. The van der Waals surface area contributed by atoms with E-state index >= 15 is 4.79 Å². The average molecular weight is 1100 g/mol. The van der Waals surface area contributed by atoms with E-state index in [0.717, 1.165) is 101 Å². The Kier molecular flexibility index (Phi) is 15.6. The first-order valence-electron chi connectivity index (χ1n) is 28.8. The molecule has 2 N–H and O–H groups in total. The Morgan fingerprint density at radius 3 is 2.53 bits per heavy atom. The molecule has 4 aromatic heterocycles. The van der Waals surface area contributed by atoms with E-state index < -0.39 is 35.4 Å². The van der Waals surface area contributed by atoms with Crippen LogP contribution in [0.2, 0.25) is 0 Å². The van der Waals surface area contributed by atoms with Crippen LogP contribution in [0.5, 0.6) is 0 Å². The minimum atomic E-state index is -1.06. The SMILES string of the molecule is COC1CN([C@@H]2c3nc(cs3)-c3ccc4c(c3)c(c(-c3cc(N5CCN(C6CC6)CC5)cnc3[C@H](C)OC)n4CCOC3CCOCC3)CC(C)(C)COC(=O)[C@@H]3CCCN(N3)C(=O)[C@H]2NC(=O)[C@@H]2[C@@H](C)[C@H]2c2ccncn2)C1. The molecule has 1 aromatic carbocycles. The molecule has 2 saturated carbocycles. The van der Waals surface area contributed by atoms with Crippen molar-refractivity contribution < 1.29 is 38.1 Å². The van der Waals surface area contributed by atoms with Gasteiger partial charge in [0.2, 0.25) is 5.91 Å². The number of benzene rings is 1. The molecular formula is C59H77N11O8S. The minimum absolute atomic E-state index is 0.00478. The van der Waals surface area contributed by atoms with Gasteiger partial charge >= 0.3 is 5.97 Å². The first-order valence-corrected chi connectivity index (χ1v) is 29.6. The van der Waals surface area contributed by atoms with Gasteiger partial charge in [-0.1, -0.05) is 26.8 Å². The fraction of sp³-hybridized carbons (Fsp3) is 0.610. The van der Waals surface area contributed by atoms with E-state index in [4.69, 9.17) is 33.7 Å². The lowest BCUT2D eigenvalue weighted by Gasteiger charge is -2.46. The fourth-order valence-corrected chi connectivity index (χ4v) is 13.9. The van der Waals surface area contributed by atoms with Crippen molar-refractivity contribution in [3.8, 4) is 22.5 Å². The van der Waals surface area contributed by atoms with E-state index in [0.29, 0.717) is 70.3 Å². The lowest BCUT2D eigenvalue weighted by atomic mass is 9.84. The van der Waals surface area contributed by atoms with Crippen molar-refractivity contribution in [1.82, 2.24) is 50.1 Å². The number of esters is 1. The maximum atomic E-state index is 15.3. The maximum Gasteiger partial charge on any atom is 0.324 e. The molecule has 2 amide bonds. The first-order chi connectivity index (χ1) is 38.4. The Labute approximate surface area is 467 Å². The van der Waals surface area contributed by atoms with Gasteiger partial charge in [-0.3, -0.25) is 34.2 Å². The highest BCUT2D eigenvalue weighted by Gasteiger charge is 2.55. The van der Waals surface area contributed by atoms with E-state index in [-0.39, 0.29) is 48.6 Å². The second-order valence-corrected chi connectivity index (χ2v) is 24.7. The average Bonchev–Trinajstić information content (AvgIpc) is 4.28. The van der Waals surface area contributed by atoms with E-state index in [1.165, 1.54) is 35.5 Å². The molecule has 4 saturated heterocycles. The van der Waals surface area contributed by atoms with Gasteiger partial charge in [-0.15, -0.1) is 11.3 Å². The summed E-state index contributed by atoms with van der Waals surface area (Å²) in [6.45, 7) is 16.3. The summed E-state index contributed by atoms with van der Waals surface area (Å²) in [4.78, 5) is 71.1. The van der Waals surface area contributed by atoms with Gasteiger partial charge in [0.1, 0.15) is 23.4 Å². The van der Waals surface area contributed by atoms with Gasteiger partial charge in [0.05, 0.1) is 66.5 Å². The number of carbonyl (C=O) groups is 3. The summed E-state index contributed by atoms with van der Waals surface area (Å²) in [6, 6.07) is 9.02. The molecule has 9 heterocycles. The number of amides is 2. The van der Waals surface area contributed by atoms with Crippen molar-refractivity contribution in [2.75, 3.05) is 91.4 Å². The predicted molar refractivity (Wildman–Crippen MR) is 299 cm³/mol. The second-order valence-electron chi connectivity index (χ2n) is 23.8. The van der Waals surface area contributed by atoms with Gasteiger partial charge in [-0.2, -0.15) is 0 Å². The van der Waals surface area contributed by atoms with Crippen LogP contribution < -0.4 is 15.6 Å². The zero-order valence-electron chi connectivity index (χ0n) is 46.6. The fourth-order valence-electron chi connectivity index (χ4n) is 12.9. The topological polar surface area (TPSA) is 191 Å². The molecule has 422 valence electrons. The molecule has 2 aliphatic carbocycles. The standard InChI is InChI=1S/C59H77N11O8S/c1-35-49(45-13-16-60-34-62-45)50(35)55(71)64-52-54(68-30-41(31-68)75-6)56-63-47(32-79-56)37-9-12-48-42(26-37)44(28-59(3,4)33-78-58(73)46-8-7-17-70(65-46)57(52)72)53(69(48)22-25-77-40-14-23-76-24-15-40)43-27-39(29-61-51(43)36(2)74-5)67-20-18-66(19-21-67)38-10-11-38/h9,12-13,16,26-27,29,32,34-36,38,40-41,46,49-50,52,54,65H,7-8,10-11,14-15,17-25,28,30-31,33H2,1-6H3,(H,64,71)/t35-,36-,46-,49-,50+,52-,54-/m0/s1. The van der Waals surface area contributed by atoms with Crippen molar-refractivity contribution in [2.24, 2.45) is 17.3 Å². The number of ether oxygens (including phenoxy) is 5. The number of rotatable bonds is 14. The number of pyridine rings is 1. The highest BCUT2D eigenvalue weighted by molar-refractivity contribution is 7.10. The molecule has 5 aromatic rings. The van der Waals surface area contributed by atoms with Crippen molar-refractivity contribution in [2.45, 2.75) is 128 Å². The third kappa shape index (κ3) is 11.2. The molecular weight excluding hydrogens is 1020 g/mol. The van der Waals surface area contributed by atoms with E-state index in [2.05, 4.69) is 90.4 Å². The summed E-state index contributed by atoms with van der Waals surface area (Å²) in [5, 5.41) is 8.63. The van der Waals surface area contributed by atoms with Gasteiger partial charge in [-0.05, 0) is 87.6 Å². The summed E-state index contributed by atoms with van der Waals surface area (Å²) >= 11 is 1.49. The monoisotopic (exact) mass is 1100 g/mol. The van der Waals surface area contributed by atoms with Crippen LogP contribution in [-0.2, 0) is 51.0 Å². The van der Waals surface area contributed by atoms with Crippen LogP contribution in [0.25, 0.3) is 33.4 Å². The zero-order chi connectivity index (χ0) is 54.5. The number of nitrogens with one attached hydrogen (secondary N) is 2. The van der Waals surface area contributed by atoms with Crippen molar-refractivity contribution in [3.05, 3.63) is 76.4 Å². The van der Waals surface area contributed by atoms with Gasteiger partial charge in [0.25, 0.3) is 5.91 Å². The van der Waals surface area contributed by atoms with Crippen molar-refractivity contribution in [3.63, 3.8) is 0 Å². The smallest absolute Gasteiger partial charge is 0.324 e. The maximum absolute atomic E-state index is 15.3. The third-order valence-corrected chi connectivity index (χ3v) is 18.7. The number of fused-ring (bicyclic) bond motifs is 6. The molecule has 12 rings (SSSR count). The molecule has 0 unspecified atom stereocenters. The van der Waals surface area contributed by atoms with Crippen molar-refractivity contribution >= 4 is 45.7 Å². The molecule has 6 bridgehead atoms. The Morgan fingerprint density at radius 2 is 1.78 bits per heavy atom. The van der Waals surface area contributed by atoms with Crippen LogP contribution in [0.3, 0.4) is 0 Å². The minimum Gasteiger partial charge on any atom is -0.464 e. The van der Waals surface area contributed by atoms with Crippen LogP contribution in [-0.4, -0.2) is 174 Å². The predicted octanol–water partition coefficient (Wildman–Crippen LogP) is 6.33. The number of likely N-dealkylation sites (tertiary alicyclic amines) is 1. The lowest BCUT2D eigenvalue weighted by Crippen LogP contribution is -2.65. The van der Waals surface area contributed by atoms with Gasteiger partial charge < -0.3 is 38.5 Å². The van der Waals surface area contributed by atoms with Crippen LogP contribution in [0.1, 0.15) is 106 Å². The third-order valence-electron chi connectivity index (χ3n) is 17.8. The Morgan fingerprint density at radius 1 is 0.975 bits per heavy atom. The molecule has 5 aliphatic heterocycles. The Bertz CT molecular complexity index is 3000. The number of nitrogens with zero attached hydrogens (tertiary/aromatic N) is 9. The molecule has 19 nitrogen and oxygen atoms in total. The number of anilines is 1. The summed E-state index contributed by atoms with van der Waals surface area (Å²) in [5.74, 6) is -1.50. The molecule has 79 heavy (non-hydrogen) atoms. The van der Waals surface area contributed by atoms with Crippen LogP contribution in [0.15, 0.2) is 54.4 Å². The van der Waals surface area contributed by atoms with Crippen LogP contribution in [0.4, 0.5) is 5.69 Å². The number of hydrogen-bond donors (Lipinski definition) is 2. The van der Waals surface area contributed by atoms with Gasteiger partial charge in [0.15, 0.2) is 0 Å². The van der Waals surface area contributed by atoms with Crippen LogP contribution >= 0.6 is 11.3 Å². The molecule has 6 fully saturated rings. The quantitative estimate of drug-likeness (QED) is 0.117. The Hall–Kier alpha value is -5.45. The number of aromatic nitrogens is 5. The first kappa shape index (κ1) is 54.2. The normalized spacial score (nSPS) is 26.9. The molecule has 0 radical (unpaired) electrons. The number of piperazine rings is 1. The summed E-state index contributed by atoms with van der Waals surface area (Å²) in [6.07, 6.45) is 10.9. The van der Waals surface area contributed by atoms with E-state index in [9.17, 15) is 9.59 Å². The number of thiazole rings is 1. The van der Waals surface area contributed by atoms with Crippen LogP contribution in [0, 0.1) is 17.3 Å². The molecule has 0 spiro atoms. The van der Waals surface area contributed by atoms with Gasteiger partial charge in [0, 0.05) is 142 Å². The number of cyclic esters (lactones) is 1. The molecule has 20 heteroatoms. The zero-order valence-corrected chi connectivity index (χ0v) is 47.4.